The maximum atomic E-state index is 12.1. The van der Waals surface area contributed by atoms with Crippen LogP contribution < -0.4 is 0 Å². The number of carboxylic acids is 1. The van der Waals surface area contributed by atoms with Crippen LogP contribution in [0.1, 0.15) is 30.0 Å². The number of nitrogens with zero attached hydrogens (tertiary/aromatic N) is 2. The Morgan fingerprint density at radius 1 is 1.57 bits per heavy atom. The SMILES string of the molecule is Cc1nc(CSCCC(=O)N2CCC[C@@H](C(=O)O)C2)cs1. The largest absolute Gasteiger partial charge is 0.481 e. The summed E-state index contributed by atoms with van der Waals surface area (Å²) in [4.78, 5) is 29.2. The summed E-state index contributed by atoms with van der Waals surface area (Å²) in [6, 6.07) is 0. The minimum Gasteiger partial charge on any atom is -0.481 e. The molecule has 1 saturated heterocycles. The number of aliphatic carboxylic acids is 1. The van der Waals surface area contributed by atoms with Crippen LogP contribution in [0.15, 0.2) is 5.38 Å². The molecule has 21 heavy (non-hydrogen) atoms. The van der Waals surface area contributed by atoms with Gasteiger partial charge in [-0.2, -0.15) is 11.8 Å². The van der Waals surface area contributed by atoms with Crippen molar-refractivity contribution in [2.45, 2.75) is 31.9 Å². The summed E-state index contributed by atoms with van der Waals surface area (Å²) in [5, 5.41) is 12.1. The lowest BCUT2D eigenvalue weighted by molar-refractivity contribution is -0.145. The molecule has 0 unspecified atom stereocenters. The quantitative estimate of drug-likeness (QED) is 0.812. The number of carbonyl (C=O) groups excluding carboxylic acids is 1. The number of carboxylic acid groups (broad SMARTS) is 1. The first-order valence-corrected chi connectivity index (χ1v) is 9.09. The minimum atomic E-state index is -0.791. The molecule has 2 heterocycles. The zero-order valence-electron chi connectivity index (χ0n) is 12.1. The lowest BCUT2D eigenvalue weighted by atomic mass is 9.98. The molecule has 0 aliphatic carbocycles. The molecule has 5 nitrogen and oxygen atoms in total. The number of hydrogen-bond acceptors (Lipinski definition) is 5. The number of carbonyl (C=O) groups is 2. The van der Waals surface area contributed by atoms with Crippen molar-refractivity contribution in [3.63, 3.8) is 0 Å². The predicted octanol–water partition coefficient (Wildman–Crippen LogP) is 2.40. The molecule has 1 aromatic rings. The molecule has 1 fully saturated rings. The van der Waals surface area contributed by atoms with Gasteiger partial charge in [0.25, 0.3) is 0 Å². The second-order valence-electron chi connectivity index (χ2n) is 5.18. The number of thiazole rings is 1. The number of hydrogen-bond donors (Lipinski definition) is 1. The molecule has 1 atom stereocenters. The summed E-state index contributed by atoms with van der Waals surface area (Å²) < 4.78 is 0. The molecule has 116 valence electrons. The fourth-order valence-corrected chi connectivity index (χ4v) is 3.91. The highest BCUT2D eigenvalue weighted by Gasteiger charge is 2.27. The average molecular weight is 328 g/mol. The molecule has 0 aromatic carbocycles. The van der Waals surface area contributed by atoms with Gasteiger partial charge in [0.15, 0.2) is 0 Å². The number of amides is 1. The van der Waals surface area contributed by atoms with E-state index in [-0.39, 0.29) is 5.91 Å². The Morgan fingerprint density at radius 2 is 2.38 bits per heavy atom. The van der Waals surface area contributed by atoms with Crippen LogP contribution >= 0.6 is 23.1 Å². The van der Waals surface area contributed by atoms with Crippen molar-refractivity contribution in [3.8, 4) is 0 Å². The monoisotopic (exact) mass is 328 g/mol. The zero-order valence-corrected chi connectivity index (χ0v) is 13.7. The van der Waals surface area contributed by atoms with E-state index in [1.54, 1.807) is 28.0 Å². The van der Waals surface area contributed by atoms with Crippen LogP contribution in [0.3, 0.4) is 0 Å². The molecule has 1 aromatic heterocycles. The summed E-state index contributed by atoms with van der Waals surface area (Å²) in [6.07, 6.45) is 1.94. The molecule has 0 saturated carbocycles. The molecule has 1 N–H and O–H groups in total. The Morgan fingerprint density at radius 3 is 3.05 bits per heavy atom. The Bertz CT molecular complexity index is 504. The number of aromatic nitrogens is 1. The van der Waals surface area contributed by atoms with E-state index in [1.165, 1.54) is 0 Å². The second-order valence-corrected chi connectivity index (χ2v) is 7.34. The third kappa shape index (κ3) is 5.00. The zero-order chi connectivity index (χ0) is 15.2. The molecule has 0 radical (unpaired) electrons. The topological polar surface area (TPSA) is 70.5 Å². The highest BCUT2D eigenvalue weighted by Crippen LogP contribution is 2.19. The molecule has 1 amide bonds. The average Bonchev–Trinajstić information content (AvgIpc) is 2.89. The Labute approximate surface area is 132 Å². The van der Waals surface area contributed by atoms with Crippen molar-refractivity contribution in [1.29, 1.82) is 0 Å². The molecule has 0 spiro atoms. The van der Waals surface area contributed by atoms with E-state index in [0.29, 0.717) is 25.9 Å². The van der Waals surface area contributed by atoms with Crippen molar-refractivity contribution in [2.24, 2.45) is 5.92 Å². The van der Waals surface area contributed by atoms with Crippen LogP contribution in [0.25, 0.3) is 0 Å². The smallest absolute Gasteiger partial charge is 0.308 e. The van der Waals surface area contributed by atoms with Gasteiger partial charge in [-0.05, 0) is 19.8 Å². The highest BCUT2D eigenvalue weighted by atomic mass is 32.2. The number of aryl methyl sites for hydroxylation is 1. The molecule has 7 heteroatoms. The van der Waals surface area contributed by atoms with Crippen LogP contribution in [0.4, 0.5) is 0 Å². The van der Waals surface area contributed by atoms with Crippen molar-refractivity contribution in [1.82, 2.24) is 9.88 Å². The van der Waals surface area contributed by atoms with Gasteiger partial charge in [-0.3, -0.25) is 9.59 Å². The third-order valence-electron chi connectivity index (χ3n) is 3.50. The highest BCUT2D eigenvalue weighted by molar-refractivity contribution is 7.98. The first-order chi connectivity index (χ1) is 10.1. The van der Waals surface area contributed by atoms with Gasteiger partial charge in [0.1, 0.15) is 0 Å². The number of likely N-dealkylation sites (tertiary alicyclic amines) is 1. The van der Waals surface area contributed by atoms with Gasteiger partial charge in [-0.15, -0.1) is 11.3 Å². The van der Waals surface area contributed by atoms with Gasteiger partial charge in [0.2, 0.25) is 5.91 Å². The summed E-state index contributed by atoms with van der Waals surface area (Å²) in [7, 11) is 0. The Hall–Kier alpha value is -1.08. The van der Waals surface area contributed by atoms with E-state index in [0.717, 1.165) is 28.6 Å². The standard InChI is InChI=1S/C14H20N2O3S2/c1-10-15-12(9-21-10)8-20-6-4-13(17)16-5-2-3-11(7-16)14(18)19/h9,11H,2-8H2,1H3,(H,18,19)/t11-/m1/s1. The molecule has 2 rings (SSSR count). The summed E-state index contributed by atoms with van der Waals surface area (Å²) in [5.74, 6) is 0.468. The molecule has 1 aliphatic heterocycles. The van der Waals surface area contributed by atoms with Crippen molar-refractivity contribution < 1.29 is 14.7 Å². The summed E-state index contributed by atoms with van der Waals surface area (Å²) in [5.41, 5.74) is 1.07. The maximum absolute atomic E-state index is 12.1. The first kappa shape index (κ1) is 16.3. The van der Waals surface area contributed by atoms with Gasteiger partial charge in [-0.25, -0.2) is 4.98 Å². The fraction of sp³-hybridized carbons (Fsp3) is 0.643. The van der Waals surface area contributed by atoms with Crippen LogP contribution in [0.2, 0.25) is 0 Å². The predicted molar refractivity (Wildman–Crippen MR) is 84.6 cm³/mol. The van der Waals surface area contributed by atoms with Crippen LogP contribution in [-0.2, 0) is 15.3 Å². The number of thioether (sulfide) groups is 1. The van der Waals surface area contributed by atoms with Crippen molar-refractivity contribution in [2.75, 3.05) is 18.8 Å². The fourth-order valence-electron chi connectivity index (χ4n) is 2.37. The molecular formula is C14H20N2O3S2. The lowest BCUT2D eigenvalue weighted by Gasteiger charge is -2.30. The number of rotatable bonds is 6. The van der Waals surface area contributed by atoms with Crippen LogP contribution in [0, 0.1) is 12.8 Å². The first-order valence-electron chi connectivity index (χ1n) is 7.05. The van der Waals surface area contributed by atoms with E-state index in [1.807, 2.05) is 12.3 Å². The third-order valence-corrected chi connectivity index (χ3v) is 5.32. The van der Waals surface area contributed by atoms with E-state index in [4.69, 9.17) is 5.11 Å². The minimum absolute atomic E-state index is 0.0721. The van der Waals surface area contributed by atoms with Gasteiger partial charge in [0, 0.05) is 36.4 Å². The van der Waals surface area contributed by atoms with Gasteiger partial charge in [-0.1, -0.05) is 0 Å². The van der Waals surface area contributed by atoms with Gasteiger partial charge >= 0.3 is 5.97 Å². The normalized spacial score (nSPS) is 18.7. The van der Waals surface area contributed by atoms with Crippen molar-refractivity contribution >= 4 is 35.0 Å². The van der Waals surface area contributed by atoms with Crippen LogP contribution in [-0.4, -0.2) is 45.7 Å². The van der Waals surface area contributed by atoms with Gasteiger partial charge < -0.3 is 10.0 Å². The van der Waals surface area contributed by atoms with E-state index in [2.05, 4.69) is 4.98 Å². The molecule has 1 aliphatic rings. The number of piperidine rings is 1. The van der Waals surface area contributed by atoms with E-state index < -0.39 is 11.9 Å². The van der Waals surface area contributed by atoms with E-state index >= 15 is 0 Å². The maximum Gasteiger partial charge on any atom is 0.308 e. The second kappa shape index (κ2) is 7.79. The van der Waals surface area contributed by atoms with Crippen LogP contribution in [0.5, 0.6) is 0 Å². The molecule has 0 bridgehead atoms. The summed E-state index contributed by atoms with van der Waals surface area (Å²) in [6.45, 7) is 3.04. The summed E-state index contributed by atoms with van der Waals surface area (Å²) >= 11 is 3.34. The van der Waals surface area contributed by atoms with Gasteiger partial charge in [0.05, 0.1) is 16.6 Å². The molecular weight excluding hydrogens is 308 g/mol. The lowest BCUT2D eigenvalue weighted by Crippen LogP contribution is -2.42. The van der Waals surface area contributed by atoms with E-state index in [9.17, 15) is 9.59 Å². The Balaban J connectivity index is 1.68. The van der Waals surface area contributed by atoms with Crippen molar-refractivity contribution in [3.05, 3.63) is 16.1 Å². The Kier molecular flexibility index (Phi) is 6.05.